The molecule has 0 saturated heterocycles. The Hall–Kier alpha value is -1.58. The van der Waals surface area contributed by atoms with Crippen molar-refractivity contribution in [3.8, 4) is 5.75 Å². The summed E-state index contributed by atoms with van der Waals surface area (Å²) in [6.45, 7) is 6.62. The van der Waals surface area contributed by atoms with Crippen LogP contribution in [0.5, 0.6) is 5.75 Å². The van der Waals surface area contributed by atoms with Crippen LogP contribution in [0.25, 0.3) is 0 Å². The van der Waals surface area contributed by atoms with Crippen molar-refractivity contribution in [2.45, 2.75) is 27.0 Å². The molecule has 4 heteroatoms. The minimum absolute atomic E-state index is 0.458. The third-order valence-electron chi connectivity index (χ3n) is 2.92. The summed E-state index contributed by atoms with van der Waals surface area (Å²) in [7, 11) is 0. The molecule has 2 rings (SSSR count). The molecule has 3 nitrogen and oxygen atoms in total. The van der Waals surface area contributed by atoms with E-state index in [2.05, 4.69) is 24.1 Å². The number of nitrogens with one attached hydrogen (secondary N) is 1. The van der Waals surface area contributed by atoms with Gasteiger partial charge < -0.3 is 10.1 Å². The van der Waals surface area contributed by atoms with Crippen LogP contribution in [0.4, 0.5) is 0 Å². The van der Waals surface area contributed by atoms with Crippen molar-refractivity contribution in [3.63, 3.8) is 0 Å². The predicted octanol–water partition coefficient (Wildman–Crippen LogP) is 4.06. The Balaban J connectivity index is 1.87. The number of halogens is 1. The number of hydrogen-bond donors (Lipinski definition) is 1. The molecule has 1 aromatic heterocycles. The Bertz CT molecular complexity index is 555. The van der Waals surface area contributed by atoms with Crippen molar-refractivity contribution in [2.24, 2.45) is 5.92 Å². The first kappa shape index (κ1) is 15.8. The monoisotopic (exact) mass is 304 g/mol. The van der Waals surface area contributed by atoms with Crippen molar-refractivity contribution in [3.05, 3.63) is 58.9 Å². The van der Waals surface area contributed by atoms with Gasteiger partial charge in [0.1, 0.15) is 12.4 Å². The molecule has 0 radical (unpaired) electrons. The van der Waals surface area contributed by atoms with Crippen molar-refractivity contribution in [2.75, 3.05) is 6.54 Å². The first-order valence-electron chi connectivity index (χ1n) is 7.17. The Kier molecular flexibility index (Phi) is 6.03. The van der Waals surface area contributed by atoms with Crippen LogP contribution < -0.4 is 10.1 Å². The van der Waals surface area contributed by atoms with Gasteiger partial charge in [-0.2, -0.15) is 0 Å². The number of hydrogen-bond acceptors (Lipinski definition) is 3. The van der Waals surface area contributed by atoms with E-state index in [1.54, 1.807) is 0 Å². The average Bonchev–Trinajstić information content (AvgIpc) is 2.47. The molecule has 112 valence electrons. The highest BCUT2D eigenvalue weighted by molar-refractivity contribution is 6.30. The molecule has 0 bridgehead atoms. The van der Waals surface area contributed by atoms with E-state index >= 15 is 0 Å². The van der Waals surface area contributed by atoms with E-state index in [-0.39, 0.29) is 0 Å². The number of rotatable bonds is 7. The number of ether oxygens (including phenoxy) is 1. The minimum Gasteiger partial charge on any atom is -0.487 e. The molecule has 1 N–H and O–H groups in total. The van der Waals surface area contributed by atoms with Crippen molar-refractivity contribution >= 4 is 11.6 Å². The highest BCUT2D eigenvalue weighted by Gasteiger charge is 2.01. The Morgan fingerprint density at radius 1 is 1.10 bits per heavy atom. The maximum absolute atomic E-state index is 5.85. The van der Waals surface area contributed by atoms with Crippen LogP contribution in [-0.2, 0) is 13.2 Å². The summed E-state index contributed by atoms with van der Waals surface area (Å²) in [5.41, 5.74) is 1.96. The standard InChI is InChI=1S/C17H21ClN2O/c1-13(2)10-19-11-15-4-3-5-16(20-15)12-21-17-8-6-14(18)7-9-17/h3-9,13,19H,10-12H2,1-2H3. The summed E-state index contributed by atoms with van der Waals surface area (Å²) < 4.78 is 5.70. The van der Waals surface area contributed by atoms with Crippen molar-refractivity contribution < 1.29 is 4.74 Å². The largest absolute Gasteiger partial charge is 0.487 e. The fraction of sp³-hybridized carbons (Fsp3) is 0.353. The van der Waals surface area contributed by atoms with Gasteiger partial charge in [-0.1, -0.05) is 31.5 Å². The molecule has 0 aliphatic carbocycles. The smallest absolute Gasteiger partial charge is 0.130 e. The van der Waals surface area contributed by atoms with E-state index in [0.717, 1.165) is 30.2 Å². The molecule has 1 heterocycles. The zero-order chi connectivity index (χ0) is 15.1. The van der Waals surface area contributed by atoms with Gasteiger partial charge in [0.15, 0.2) is 0 Å². The van der Waals surface area contributed by atoms with Crippen LogP contribution in [0.15, 0.2) is 42.5 Å². The van der Waals surface area contributed by atoms with E-state index < -0.39 is 0 Å². The summed E-state index contributed by atoms with van der Waals surface area (Å²) in [6.07, 6.45) is 0. The van der Waals surface area contributed by atoms with Gasteiger partial charge in [0.25, 0.3) is 0 Å². The number of nitrogens with zero attached hydrogens (tertiary/aromatic N) is 1. The van der Waals surface area contributed by atoms with Crippen molar-refractivity contribution in [1.82, 2.24) is 10.3 Å². The molecule has 0 saturated carbocycles. The van der Waals surface area contributed by atoms with Gasteiger partial charge in [0.2, 0.25) is 0 Å². The lowest BCUT2D eigenvalue weighted by molar-refractivity contribution is 0.301. The van der Waals surface area contributed by atoms with E-state index in [0.29, 0.717) is 17.5 Å². The maximum Gasteiger partial charge on any atom is 0.130 e. The molecule has 0 unspecified atom stereocenters. The highest BCUT2D eigenvalue weighted by atomic mass is 35.5. The predicted molar refractivity (Wildman–Crippen MR) is 86.6 cm³/mol. The Morgan fingerprint density at radius 3 is 2.52 bits per heavy atom. The van der Waals surface area contributed by atoms with Crippen LogP contribution in [0.1, 0.15) is 25.2 Å². The van der Waals surface area contributed by atoms with E-state index in [9.17, 15) is 0 Å². The number of pyridine rings is 1. The number of benzene rings is 1. The van der Waals surface area contributed by atoms with Crippen LogP contribution in [0.2, 0.25) is 5.02 Å². The third-order valence-corrected chi connectivity index (χ3v) is 3.18. The van der Waals surface area contributed by atoms with Crippen LogP contribution in [0.3, 0.4) is 0 Å². The summed E-state index contributed by atoms with van der Waals surface area (Å²) in [5, 5.41) is 4.10. The zero-order valence-corrected chi connectivity index (χ0v) is 13.2. The second-order valence-electron chi connectivity index (χ2n) is 5.39. The van der Waals surface area contributed by atoms with Gasteiger partial charge in [0, 0.05) is 11.6 Å². The summed E-state index contributed by atoms with van der Waals surface area (Å²) >= 11 is 5.85. The molecule has 0 aliphatic rings. The summed E-state index contributed by atoms with van der Waals surface area (Å²) in [6, 6.07) is 13.4. The molecule has 0 amide bonds. The number of aromatic nitrogens is 1. The third kappa shape index (κ3) is 5.74. The lowest BCUT2D eigenvalue weighted by Crippen LogP contribution is -2.19. The van der Waals surface area contributed by atoms with Crippen LogP contribution in [-0.4, -0.2) is 11.5 Å². The Morgan fingerprint density at radius 2 is 1.81 bits per heavy atom. The second-order valence-corrected chi connectivity index (χ2v) is 5.82. The molecular formula is C17H21ClN2O. The second kappa shape index (κ2) is 8.01. The molecular weight excluding hydrogens is 284 g/mol. The first-order chi connectivity index (χ1) is 10.1. The molecule has 0 spiro atoms. The van der Waals surface area contributed by atoms with Gasteiger partial charge in [-0.15, -0.1) is 0 Å². The summed E-state index contributed by atoms with van der Waals surface area (Å²) in [4.78, 5) is 4.59. The quantitative estimate of drug-likeness (QED) is 0.837. The van der Waals surface area contributed by atoms with Gasteiger partial charge in [-0.25, -0.2) is 0 Å². The lowest BCUT2D eigenvalue weighted by Gasteiger charge is -2.09. The van der Waals surface area contributed by atoms with E-state index in [1.165, 1.54) is 0 Å². The van der Waals surface area contributed by atoms with E-state index in [4.69, 9.17) is 16.3 Å². The summed E-state index contributed by atoms with van der Waals surface area (Å²) in [5.74, 6) is 1.44. The van der Waals surface area contributed by atoms with E-state index in [1.807, 2.05) is 42.5 Å². The maximum atomic E-state index is 5.85. The lowest BCUT2D eigenvalue weighted by atomic mass is 10.2. The molecule has 2 aromatic rings. The molecule has 0 atom stereocenters. The minimum atomic E-state index is 0.458. The normalized spacial score (nSPS) is 10.9. The SMILES string of the molecule is CC(C)CNCc1cccc(COc2ccc(Cl)cc2)n1. The van der Waals surface area contributed by atoms with Crippen LogP contribution in [0, 0.1) is 5.92 Å². The van der Waals surface area contributed by atoms with Gasteiger partial charge in [-0.3, -0.25) is 4.98 Å². The molecule has 21 heavy (non-hydrogen) atoms. The van der Waals surface area contributed by atoms with Gasteiger partial charge >= 0.3 is 0 Å². The topological polar surface area (TPSA) is 34.1 Å². The first-order valence-corrected chi connectivity index (χ1v) is 7.55. The highest BCUT2D eigenvalue weighted by Crippen LogP contribution is 2.16. The van der Waals surface area contributed by atoms with Gasteiger partial charge in [-0.05, 0) is 48.9 Å². The van der Waals surface area contributed by atoms with Crippen LogP contribution >= 0.6 is 11.6 Å². The fourth-order valence-corrected chi connectivity index (χ4v) is 2.01. The Labute approximate surface area is 131 Å². The molecule has 0 fully saturated rings. The molecule has 0 aliphatic heterocycles. The molecule has 1 aromatic carbocycles. The average molecular weight is 305 g/mol. The van der Waals surface area contributed by atoms with Crippen molar-refractivity contribution in [1.29, 1.82) is 0 Å². The fourth-order valence-electron chi connectivity index (χ4n) is 1.89. The zero-order valence-electron chi connectivity index (χ0n) is 12.5. The van der Waals surface area contributed by atoms with Gasteiger partial charge in [0.05, 0.1) is 11.4 Å².